The number of hydrogen-bond donors (Lipinski definition) is 1. The van der Waals surface area contributed by atoms with Crippen LogP contribution in [0.5, 0.6) is 0 Å². The molecule has 0 radical (unpaired) electrons. The molecule has 2 aliphatic carbocycles. The van der Waals surface area contributed by atoms with Gasteiger partial charge in [-0.25, -0.2) is 4.98 Å². The van der Waals surface area contributed by atoms with Crippen molar-refractivity contribution >= 4 is 57.5 Å². The molecule has 1 aromatic heterocycles. The summed E-state index contributed by atoms with van der Waals surface area (Å²) in [6, 6.07) is 9.42. The predicted molar refractivity (Wildman–Crippen MR) is 118 cm³/mol. The standard InChI is InChI=1S/C22H20Cl3N3O/c23-14-5-8-18(17(25)11-14)27-9-10-28-20-15(6-7-16(24)19(20)26-21(27)28)22(29,12-1-2-12)13-3-4-13/h5-8,11-13,29H,1-4,9-10H2. The summed E-state index contributed by atoms with van der Waals surface area (Å²) in [6.45, 7) is 1.53. The first kappa shape index (κ1) is 18.3. The summed E-state index contributed by atoms with van der Waals surface area (Å²) in [5.74, 6) is 1.50. The molecule has 0 unspecified atom stereocenters. The maximum Gasteiger partial charge on any atom is 0.211 e. The van der Waals surface area contributed by atoms with Crippen molar-refractivity contribution < 1.29 is 5.11 Å². The maximum atomic E-state index is 11.8. The second kappa shape index (κ2) is 6.27. The van der Waals surface area contributed by atoms with E-state index in [0.29, 0.717) is 26.9 Å². The first-order valence-electron chi connectivity index (χ1n) is 10.1. The zero-order chi connectivity index (χ0) is 19.9. The highest BCUT2D eigenvalue weighted by molar-refractivity contribution is 6.36. The first-order chi connectivity index (χ1) is 14.0. The number of aliphatic hydroxyl groups is 1. The Kier molecular flexibility index (Phi) is 3.96. The second-order valence-corrected chi connectivity index (χ2v) is 9.73. The third kappa shape index (κ3) is 2.66. The fraction of sp³-hybridized carbons (Fsp3) is 0.409. The lowest BCUT2D eigenvalue weighted by Crippen LogP contribution is -2.31. The molecule has 3 aromatic rings. The summed E-state index contributed by atoms with van der Waals surface area (Å²) in [7, 11) is 0. The van der Waals surface area contributed by atoms with Crippen LogP contribution >= 0.6 is 34.8 Å². The molecule has 3 aliphatic rings. The van der Waals surface area contributed by atoms with Crippen LogP contribution in [0.25, 0.3) is 11.0 Å². The highest BCUT2D eigenvalue weighted by Crippen LogP contribution is 2.59. The molecule has 0 amide bonds. The average molecular weight is 449 g/mol. The third-order valence-electron chi connectivity index (χ3n) is 6.65. The number of hydrogen-bond acceptors (Lipinski definition) is 3. The van der Waals surface area contributed by atoms with E-state index in [9.17, 15) is 5.11 Å². The number of rotatable bonds is 4. The Morgan fingerprint density at radius 3 is 2.31 bits per heavy atom. The molecule has 2 fully saturated rings. The molecule has 0 atom stereocenters. The van der Waals surface area contributed by atoms with Gasteiger partial charge in [0.1, 0.15) is 5.52 Å². The molecule has 2 aromatic carbocycles. The lowest BCUT2D eigenvalue weighted by Gasteiger charge is -2.30. The summed E-state index contributed by atoms with van der Waals surface area (Å²) < 4.78 is 2.19. The first-order valence-corrected chi connectivity index (χ1v) is 11.3. The minimum Gasteiger partial charge on any atom is -0.385 e. The summed E-state index contributed by atoms with van der Waals surface area (Å²) in [5, 5.41) is 13.6. The van der Waals surface area contributed by atoms with E-state index in [1.807, 2.05) is 24.3 Å². The number of aromatic nitrogens is 2. The van der Waals surface area contributed by atoms with E-state index in [0.717, 1.165) is 67.0 Å². The van der Waals surface area contributed by atoms with Gasteiger partial charge in [0, 0.05) is 23.7 Å². The van der Waals surface area contributed by atoms with Crippen molar-refractivity contribution in [3.05, 3.63) is 51.0 Å². The number of nitrogens with zero attached hydrogens (tertiary/aromatic N) is 3. The number of halogens is 3. The van der Waals surface area contributed by atoms with Gasteiger partial charge in [0.05, 0.1) is 26.9 Å². The second-order valence-electron chi connectivity index (χ2n) is 8.48. The van der Waals surface area contributed by atoms with Crippen molar-refractivity contribution in [3.8, 4) is 0 Å². The molecule has 0 bridgehead atoms. The number of benzene rings is 2. The van der Waals surface area contributed by atoms with E-state index in [2.05, 4.69) is 9.47 Å². The summed E-state index contributed by atoms with van der Waals surface area (Å²) in [6.07, 6.45) is 4.35. The SMILES string of the molecule is OC(c1ccc(Cl)c2nc3n(c12)CCN3c1ccc(Cl)cc1Cl)(C1CC1)C1CC1. The van der Waals surface area contributed by atoms with Gasteiger partial charge < -0.3 is 14.6 Å². The van der Waals surface area contributed by atoms with Crippen molar-refractivity contribution in [2.45, 2.75) is 37.8 Å². The topological polar surface area (TPSA) is 41.3 Å². The van der Waals surface area contributed by atoms with E-state index < -0.39 is 5.60 Å². The van der Waals surface area contributed by atoms with Crippen LogP contribution in [0.4, 0.5) is 11.6 Å². The normalized spacial score (nSPS) is 19.2. The van der Waals surface area contributed by atoms with E-state index in [-0.39, 0.29) is 0 Å². The van der Waals surface area contributed by atoms with Crippen molar-refractivity contribution in [2.75, 3.05) is 11.4 Å². The number of fused-ring (bicyclic) bond motifs is 3. The van der Waals surface area contributed by atoms with Gasteiger partial charge in [0.15, 0.2) is 0 Å². The lowest BCUT2D eigenvalue weighted by molar-refractivity contribution is -0.00904. The highest BCUT2D eigenvalue weighted by Gasteiger charge is 2.55. The molecule has 4 nitrogen and oxygen atoms in total. The van der Waals surface area contributed by atoms with Crippen molar-refractivity contribution in [1.29, 1.82) is 0 Å². The van der Waals surface area contributed by atoms with Gasteiger partial charge in [-0.15, -0.1) is 0 Å². The van der Waals surface area contributed by atoms with Gasteiger partial charge >= 0.3 is 0 Å². The van der Waals surface area contributed by atoms with Gasteiger partial charge in [-0.2, -0.15) is 0 Å². The fourth-order valence-electron chi connectivity index (χ4n) is 4.98. The molecule has 150 valence electrons. The largest absolute Gasteiger partial charge is 0.385 e. The van der Waals surface area contributed by atoms with Gasteiger partial charge in [0.25, 0.3) is 0 Å². The Morgan fingerprint density at radius 1 is 0.931 bits per heavy atom. The van der Waals surface area contributed by atoms with E-state index in [4.69, 9.17) is 39.8 Å². The van der Waals surface area contributed by atoms with Crippen LogP contribution in [0.1, 0.15) is 31.2 Å². The minimum atomic E-state index is -0.773. The van der Waals surface area contributed by atoms with Crippen LogP contribution in [0.2, 0.25) is 15.1 Å². The maximum absolute atomic E-state index is 11.8. The molecular weight excluding hydrogens is 429 g/mol. The predicted octanol–water partition coefficient (Wildman–Crippen LogP) is 6.16. The van der Waals surface area contributed by atoms with Crippen LogP contribution in [0.3, 0.4) is 0 Å². The summed E-state index contributed by atoms with van der Waals surface area (Å²) in [4.78, 5) is 7.01. The van der Waals surface area contributed by atoms with Crippen LogP contribution in [-0.4, -0.2) is 21.2 Å². The Bertz CT molecular complexity index is 1140. The molecule has 2 saturated carbocycles. The number of imidazole rings is 1. The third-order valence-corrected chi connectivity index (χ3v) is 7.49. The smallest absolute Gasteiger partial charge is 0.211 e. The highest BCUT2D eigenvalue weighted by atomic mass is 35.5. The molecule has 1 aliphatic heterocycles. The van der Waals surface area contributed by atoms with Crippen LogP contribution < -0.4 is 4.90 Å². The molecule has 7 heteroatoms. The molecule has 0 saturated heterocycles. The van der Waals surface area contributed by atoms with E-state index >= 15 is 0 Å². The van der Waals surface area contributed by atoms with Crippen molar-refractivity contribution in [2.24, 2.45) is 11.8 Å². The lowest BCUT2D eigenvalue weighted by atomic mass is 9.83. The van der Waals surface area contributed by atoms with E-state index in [1.165, 1.54) is 0 Å². The summed E-state index contributed by atoms with van der Waals surface area (Å²) >= 11 is 19.1. The average Bonchev–Trinajstić information content (AvgIpc) is 3.60. The Hall–Kier alpha value is -1.46. The molecule has 6 rings (SSSR count). The molecule has 29 heavy (non-hydrogen) atoms. The quantitative estimate of drug-likeness (QED) is 0.520. The minimum absolute atomic E-state index is 0.341. The zero-order valence-corrected chi connectivity index (χ0v) is 18.0. The Balaban J connectivity index is 1.55. The van der Waals surface area contributed by atoms with Gasteiger partial charge in [-0.3, -0.25) is 0 Å². The fourth-order valence-corrected chi connectivity index (χ4v) is 5.69. The van der Waals surface area contributed by atoms with Crippen LogP contribution in [0, 0.1) is 11.8 Å². The van der Waals surface area contributed by atoms with Gasteiger partial charge in [-0.1, -0.05) is 40.9 Å². The van der Waals surface area contributed by atoms with Crippen LogP contribution in [-0.2, 0) is 12.1 Å². The molecule has 1 N–H and O–H groups in total. The molecule has 0 spiro atoms. The van der Waals surface area contributed by atoms with Crippen molar-refractivity contribution in [3.63, 3.8) is 0 Å². The van der Waals surface area contributed by atoms with E-state index in [1.54, 1.807) is 6.07 Å². The Morgan fingerprint density at radius 2 is 1.66 bits per heavy atom. The summed E-state index contributed by atoms with van der Waals surface area (Å²) in [5.41, 5.74) is 2.83. The van der Waals surface area contributed by atoms with Gasteiger partial charge in [0.2, 0.25) is 5.95 Å². The van der Waals surface area contributed by atoms with Crippen LogP contribution in [0.15, 0.2) is 30.3 Å². The van der Waals surface area contributed by atoms with Crippen molar-refractivity contribution in [1.82, 2.24) is 9.55 Å². The monoisotopic (exact) mass is 447 g/mol. The molecular formula is C22H20Cl3N3O. The zero-order valence-electron chi connectivity index (χ0n) is 15.7. The van der Waals surface area contributed by atoms with Gasteiger partial charge in [-0.05, 0) is 61.8 Å². The number of anilines is 2. The Labute approximate surface area is 184 Å². The molecule has 2 heterocycles.